The summed E-state index contributed by atoms with van der Waals surface area (Å²) >= 11 is 0. The van der Waals surface area contributed by atoms with Gasteiger partial charge in [0.15, 0.2) is 4.90 Å². The molecule has 11 heteroatoms. The van der Waals surface area contributed by atoms with E-state index in [1.807, 2.05) is 34.6 Å². The maximum absolute atomic E-state index is 12.8. The number of nitrogens with one attached hydrogen (secondary N) is 2. The summed E-state index contributed by atoms with van der Waals surface area (Å²) in [6.45, 7) is 10.9. The smallest absolute Gasteiger partial charge is 0.333 e. The Balaban J connectivity index is 1.83. The molecule has 0 bridgehead atoms. The van der Waals surface area contributed by atoms with Crippen molar-refractivity contribution in [1.29, 1.82) is 0 Å². The fraction of sp³-hybridized carbons (Fsp3) is 0.632. The fourth-order valence-electron chi connectivity index (χ4n) is 3.63. The number of amides is 2. The first-order valence-corrected chi connectivity index (χ1v) is 11.6. The quantitative estimate of drug-likeness (QED) is 0.715. The first-order valence-electron chi connectivity index (χ1n) is 10.1. The Hall–Kier alpha value is -2.56. The van der Waals surface area contributed by atoms with Gasteiger partial charge in [0, 0.05) is 13.0 Å². The van der Waals surface area contributed by atoms with Crippen molar-refractivity contribution >= 4 is 21.7 Å². The van der Waals surface area contributed by atoms with Crippen molar-refractivity contribution < 1.29 is 17.9 Å². The molecule has 0 unspecified atom stereocenters. The third kappa shape index (κ3) is 4.16. The van der Waals surface area contributed by atoms with Crippen LogP contribution in [0.5, 0.6) is 5.88 Å². The van der Waals surface area contributed by atoms with Gasteiger partial charge in [0.2, 0.25) is 5.88 Å². The van der Waals surface area contributed by atoms with E-state index in [9.17, 15) is 13.2 Å². The Morgan fingerprint density at radius 2 is 2.00 bits per heavy atom. The fourth-order valence-corrected chi connectivity index (χ4v) is 4.61. The molecule has 166 valence electrons. The van der Waals surface area contributed by atoms with Gasteiger partial charge in [0.25, 0.3) is 10.0 Å². The monoisotopic (exact) mass is 438 g/mol. The molecule has 2 aromatic heterocycles. The van der Waals surface area contributed by atoms with Crippen molar-refractivity contribution in [2.45, 2.75) is 64.3 Å². The summed E-state index contributed by atoms with van der Waals surface area (Å²) < 4.78 is 36.6. The van der Waals surface area contributed by atoms with Crippen LogP contribution in [-0.4, -0.2) is 40.6 Å². The molecule has 0 aliphatic carbocycles. The zero-order chi connectivity index (χ0) is 22.2. The van der Waals surface area contributed by atoms with Crippen molar-refractivity contribution in [3.63, 3.8) is 0 Å². The number of fused-ring (bicyclic) bond motifs is 1. The van der Waals surface area contributed by atoms with Crippen LogP contribution < -0.4 is 14.8 Å². The number of ether oxygens (including phenoxy) is 1. The van der Waals surface area contributed by atoms with E-state index in [0.717, 1.165) is 12.1 Å². The molecule has 10 nitrogen and oxygen atoms in total. The molecular weight excluding hydrogens is 408 g/mol. The minimum absolute atomic E-state index is 0.0539. The second kappa shape index (κ2) is 8.29. The van der Waals surface area contributed by atoms with E-state index in [0.29, 0.717) is 24.5 Å². The van der Waals surface area contributed by atoms with Crippen LogP contribution in [-0.2, 0) is 23.6 Å². The van der Waals surface area contributed by atoms with Crippen molar-refractivity contribution in [2.75, 3.05) is 11.9 Å². The van der Waals surface area contributed by atoms with Gasteiger partial charge >= 0.3 is 6.03 Å². The second-order valence-corrected chi connectivity index (χ2v) is 9.87. The van der Waals surface area contributed by atoms with Crippen LogP contribution in [0, 0.1) is 5.92 Å². The first kappa shape index (κ1) is 22.1. The van der Waals surface area contributed by atoms with Crippen LogP contribution in [0.25, 0.3) is 0 Å². The number of hydrogen-bond acceptors (Lipinski definition) is 6. The molecule has 1 aliphatic rings. The maximum atomic E-state index is 12.8. The summed E-state index contributed by atoms with van der Waals surface area (Å²) in [7, 11) is -2.35. The van der Waals surface area contributed by atoms with E-state index in [1.54, 1.807) is 11.7 Å². The Bertz CT molecular complexity index is 1040. The van der Waals surface area contributed by atoms with E-state index >= 15 is 0 Å². The van der Waals surface area contributed by atoms with Crippen molar-refractivity contribution in [2.24, 2.45) is 13.0 Å². The molecule has 3 rings (SSSR count). The molecular formula is C19H30N6O4S. The number of urea groups is 1. The average Bonchev–Trinajstić information content (AvgIpc) is 3.21. The molecule has 0 saturated carbocycles. The third-order valence-electron chi connectivity index (χ3n) is 5.19. The van der Waals surface area contributed by atoms with Crippen LogP contribution in [0.4, 0.5) is 10.5 Å². The molecule has 30 heavy (non-hydrogen) atoms. The highest BCUT2D eigenvalue weighted by Crippen LogP contribution is 2.32. The topological polar surface area (TPSA) is 120 Å². The summed E-state index contributed by atoms with van der Waals surface area (Å²) in [6.07, 6.45) is 2.12. The number of nitrogens with zero attached hydrogens (tertiary/aromatic N) is 4. The number of carbonyl (C=O) groups excluding carboxylic acids is 1. The van der Waals surface area contributed by atoms with Gasteiger partial charge in [-0.05, 0) is 18.3 Å². The van der Waals surface area contributed by atoms with Gasteiger partial charge in [0.05, 0.1) is 36.4 Å². The minimum Gasteiger partial charge on any atom is -0.476 e. The molecule has 0 saturated heterocycles. The lowest BCUT2D eigenvalue weighted by Crippen LogP contribution is -2.35. The van der Waals surface area contributed by atoms with Crippen LogP contribution in [0.15, 0.2) is 11.1 Å². The van der Waals surface area contributed by atoms with Gasteiger partial charge in [-0.15, -0.1) is 0 Å². The number of carbonyl (C=O) groups is 1. The predicted octanol–water partition coefficient (Wildman–Crippen LogP) is 2.79. The Kier molecular flexibility index (Phi) is 6.11. The zero-order valence-corrected chi connectivity index (χ0v) is 19.1. The highest BCUT2D eigenvalue weighted by atomic mass is 32.2. The summed E-state index contributed by atoms with van der Waals surface area (Å²) in [4.78, 5) is 12.5. The molecule has 2 amide bonds. The van der Waals surface area contributed by atoms with Gasteiger partial charge in [-0.2, -0.15) is 10.2 Å². The number of rotatable bonds is 6. The number of aryl methyl sites for hydroxylation is 1. The summed E-state index contributed by atoms with van der Waals surface area (Å²) in [6, 6.07) is -0.853. The largest absolute Gasteiger partial charge is 0.476 e. The number of anilines is 1. The molecule has 1 atom stereocenters. The average molecular weight is 439 g/mol. The normalized spacial score (nSPS) is 16.5. The number of hydrogen-bond donors (Lipinski definition) is 2. The molecule has 2 N–H and O–H groups in total. The summed E-state index contributed by atoms with van der Waals surface area (Å²) in [5.41, 5.74) is 2.06. The Morgan fingerprint density at radius 1 is 1.30 bits per heavy atom. The molecule has 0 fully saturated rings. The Labute approximate surface area is 177 Å². The molecule has 0 spiro atoms. The third-order valence-corrected chi connectivity index (χ3v) is 6.50. The van der Waals surface area contributed by atoms with E-state index in [2.05, 4.69) is 20.2 Å². The van der Waals surface area contributed by atoms with Crippen LogP contribution in [0.3, 0.4) is 0 Å². The lowest BCUT2D eigenvalue weighted by Gasteiger charge is -2.23. The van der Waals surface area contributed by atoms with E-state index < -0.39 is 16.1 Å². The van der Waals surface area contributed by atoms with Gasteiger partial charge in [-0.1, -0.05) is 34.6 Å². The standard InChI is InChI=1S/C19H30N6O4S/c1-7-13-9-25-18(29-10-13)14(8-20-25)30(27,28)23-19(26)21-16-15(11(2)3)22-24(6)17(16)12(4)5/h8,11-13H,7,9-10H2,1-6H3,(H2,21,23,26)/t13-/m0/s1. The molecule has 2 aromatic rings. The van der Waals surface area contributed by atoms with Crippen molar-refractivity contribution in [1.82, 2.24) is 24.3 Å². The van der Waals surface area contributed by atoms with Crippen LogP contribution >= 0.6 is 0 Å². The maximum Gasteiger partial charge on any atom is 0.333 e. The van der Waals surface area contributed by atoms with E-state index in [1.165, 1.54) is 10.9 Å². The van der Waals surface area contributed by atoms with Crippen LogP contribution in [0.1, 0.15) is 64.3 Å². The van der Waals surface area contributed by atoms with Gasteiger partial charge in [-0.25, -0.2) is 22.6 Å². The Morgan fingerprint density at radius 3 is 2.60 bits per heavy atom. The highest BCUT2D eigenvalue weighted by Gasteiger charge is 2.31. The van der Waals surface area contributed by atoms with Gasteiger partial charge < -0.3 is 10.1 Å². The van der Waals surface area contributed by atoms with Gasteiger partial charge in [0.1, 0.15) is 0 Å². The van der Waals surface area contributed by atoms with E-state index in [-0.39, 0.29) is 28.5 Å². The van der Waals surface area contributed by atoms with Gasteiger partial charge in [-0.3, -0.25) is 4.68 Å². The predicted molar refractivity (Wildman–Crippen MR) is 112 cm³/mol. The number of aromatic nitrogens is 4. The molecule has 3 heterocycles. The van der Waals surface area contributed by atoms with Crippen LogP contribution in [0.2, 0.25) is 0 Å². The lowest BCUT2D eigenvalue weighted by molar-refractivity contribution is 0.157. The first-order chi connectivity index (χ1) is 14.0. The lowest BCUT2D eigenvalue weighted by atomic mass is 10.0. The molecule has 1 aliphatic heterocycles. The van der Waals surface area contributed by atoms with Crippen molar-refractivity contribution in [3.05, 3.63) is 17.6 Å². The summed E-state index contributed by atoms with van der Waals surface area (Å²) in [5, 5.41) is 11.3. The zero-order valence-electron chi connectivity index (χ0n) is 18.3. The molecule has 0 radical (unpaired) electrons. The second-order valence-electron chi connectivity index (χ2n) is 8.22. The number of sulfonamides is 1. The molecule has 0 aromatic carbocycles. The summed E-state index contributed by atoms with van der Waals surface area (Å²) in [5.74, 6) is 0.577. The SMILES string of the molecule is CC[C@@H]1COc2c(S(=O)(=O)NC(=O)Nc3c(C(C)C)nn(C)c3C(C)C)cnn2C1. The van der Waals surface area contributed by atoms with Crippen molar-refractivity contribution in [3.8, 4) is 5.88 Å². The minimum atomic E-state index is -4.16. The van der Waals surface area contributed by atoms with E-state index in [4.69, 9.17) is 4.74 Å². The highest BCUT2D eigenvalue weighted by molar-refractivity contribution is 7.90.